The molecule has 11 heteroatoms. The van der Waals surface area contributed by atoms with Gasteiger partial charge in [-0.1, -0.05) is 6.07 Å². The summed E-state index contributed by atoms with van der Waals surface area (Å²) in [6.07, 6.45) is -3.08. The molecule has 0 bridgehead atoms. The van der Waals surface area contributed by atoms with Crippen LogP contribution < -0.4 is 5.73 Å². The van der Waals surface area contributed by atoms with E-state index in [-0.39, 0.29) is 23.0 Å². The van der Waals surface area contributed by atoms with E-state index in [1.165, 1.54) is 0 Å². The van der Waals surface area contributed by atoms with Crippen LogP contribution in [-0.4, -0.2) is 29.0 Å². The lowest BCUT2D eigenvalue weighted by Gasteiger charge is -2.22. The van der Waals surface area contributed by atoms with Crippen LogP contribution in [0, 0.1) is 17.5 Å². The first kappa shape index (κ1) is 21.0. The molecule has 1 aromatic heterocycles. The van der Waals surface area contributed by atoms with Crippen LogP contribution in [0.4, 0.5) is 30.7 Å². The van der Waals surface area contributed by atoms with Crippen molar-refractivity contribution in [2.45, 2.75) is 17.6 Å². The Balaban J connectivity index is 2.49. The summed E-state index contributed by atoms with van der Waals surface area (Å²) in [6, 6.07) is 3.25. The molecule has 0 spiro atoms. The fraction of sp³-hybridized carbons (Fsp3) is 0.250. The molecule has 0 saturated heterocycles. The van der Waals surface area contributed by atoms with E-state index in [4.69, 9.17) is 5.73 Å². The maximum absolute atomic E-state index is 14.1. The SMILES string of the molecule is NC(=O)c1ccc(C(SCC(F)(F)C(F)F)c2c(F)ccc(F)c2F)cn1. The van der Waals surface area contributed by atoms with Crippen LogP contribution in [0.5, 0.6) is 0 Å². The Morgan fingerprint density at radius 2 is 1.74 bits per heavy atom. The van der Waals surface area contributed by atoms with Crippen LogP contribution in [0.25, 0.3) is 0 Å². The smallest absolute Gasteiger partial charge is 0.316 e. The highest BCUT2D eigenvalue weighted by Crippen LogP contribution is 2.42. The average Bonchev–Trinajstić information content (AvgIpc) is 2.61. The number of primary amides is 1. The minimum Gasteiger partial charge on any atom is -0.364 e. The van der Waals surface area contributed by atoms with Crippen LogP contribution in [0.3, 0.4) is 0 Å². The van der Waals surface area contributed by atoms with E-state index in [9.17, 15) is 35.5 Å². The zero-order chi connectivity index (χ0) is 20.4. The van der Waals surface area contributed by atoms with Crippen molar-refractivity contribution in [2.24, 2.45) is 5.73 Å². The second-order valence-corrected chi connectivity index (χ2v) is 6.44. The maximum atomic E-state index is 14.1. The molecule has 0 fully saturated rings. The molecule has 27 heavy (non-hydrogen) atoms. The highest BCUT2D eigenvalue weighted by molar-refractivity contribution is 7.99. The summed E-state index contributed by atoms with van der Waals surface area (Å²) in [5.74, 6) is -11.2. The predicted octanol–water partition coefficient (Wildman–Crippen LogP) is 4.32. The molecule has 2 aromatic rings. The number of halogens is 7. The normalized spacial score (nSPS) is 13.0. The number of carbonyl (C=O) groups is 1. The molecule has 1 heterocycles. The molecule has 0 aliphatic carbocycles. The molecular weight excluding hydrogens is 401 g/mol. The van der Waals surface area contributed by atoms with Gasteiger partial charge in [0.1, 0.15) is 11.5 Å². The largest absolute Gasteiger partial charge is 0.364 e. The van der Waals surface area contributed by atoms with Crippen molar-refractivity contribution in [3.63, 3.8) is 0 Å². The maximum Gasteiger partial charge on any atom is 0.316 e. The monoisotopic (exact) mass is 412 g/mol. The second-order valence-electron chi connectivity index (χ2n) is 5.35. The Hall–Kier alpha value is -2.30. The predicted molar refractivity (Wildman–Crippen MR) is 84.3 cm³/mol. The third-order valence-corrected chi connectivity index (χ3v) is 4.84. The second kappa shape index (κ2) is 8.15. The summed E-state index contributed by atoms with van der Waals surface area (Å²) in [7, 11) is 0. The molecule has 1 atom stereocenters. The minimum absolute atomic E-state index is 0.0815. The minimum atomic E-state index is -4.44. The van der Waals surface area contributed by atoms with Gasteiger partial charge in [-0.05, 0) is 23.8 Å². The number of amides is 1. The zero-order valence-electron chi connectivity index (χ0n) is 13.2. The van der Waals surface area contributed by atoms with Crippen LogP contribution in [-0.2, 0) is 0 Å². The third kappa shape index (κ3) is 4.71. The molecule has 0 aliphatic heterocycles. The summed E-state index contributed by atoms with van der Waals surface area (Å²) in [6.45, 7) is 0. The lowest BCUT2D eigenvalue weighted by atomic mass is 10.0. The van der Waals surface area contributed by atoms with Gasteiger partial charge in [0.05, 0.1) is 11.0 Å². The number of rotatable bonds is 7. The van der Waals surface area contributed by atoms with Gasteiger partial charge in [0, 0.05) is 11.8 Å². The summed E-state index contributed by atoms with van der Waals surface area (Å²) >= 11 is 0.0815. The Kier molecular flexibility index (Phi) is 6.34. The number of nitrogens with two attached hydrogens (primary N) is 1. The highest BCUT2D eigenvalue weighted by atomic mass is 32.2. The van der Waals surface area contributed by atoms with Crippen molar-refractivity contribution in [3.8, 4) is 0 Å². The standard InChI is InChI=1S/C16H11F7N2OS/c17-8-2-3-9(18)12(19)11(8)13(27-6-16(22,23)15(20)21)7-1-4-10(14(24)26)25-5-7/h1-5,13,15H,6H2,(H2,24,26). The summed E-state index contributed by atoms with van der Waals surface area (Å²) in [5.41, 5.74) is 3.74. The van der Waals surface area contributed by atoms with E-state index in [0.29, 0.717) is 12.1 Å². The summed E-state index contributed by atoms with van der Waals surface area (Å²) in [5, 5.41) is -1.63. The van der Waals surface area contributed by atoms with Gasteiger partial charge < -0.3 is 5.73 Å². The van der Waals surface area contributed by atoms with Crippen molar-refractivity contribution in [2.75, 3.05) is 5.75 Å². The zero-order valence-corrected chi connectivity index (χ0v) is 14.1. The van der Waals surface area contributed by atoms with Crippen molar-refractivity contribution < 1.29 is 35.5 Å². The number of thioether (sulfide) groups is 1. The van der Waals surface area contributed by atoms with Gasteiger partial charge in [-0.3, -0.25) is 9.78 Å². The van der Waals surface area contributed by atoms with Gasteiger partial charge in [-0.25, -0.2) is 22.0 Å². The molecular formula is C16H11F7N2OS. The number of hydrogen-bond donors (Lipinski definition) is 1. The molecule has 2 rings (SSSR count). The molecule has 0 radical (unpaired) electrons. The molecule has 146 valence electrons. The van der Waals surface area contributed by atoms with Crippen LogP contribution in [0.15, 0.2) is 30.5 Å². The van der Waals surface area contributed by atoms with Gasteiger partial charge in [0.25, 0.3) is 5.91 Å². The van der Waals surface area contributed by atoms with Crippen LogP contribution in [0.1, 0.15) is 26.9 Å². The summed E-state index contributed by atoms with van der Waals surface area (Å²) < 4.78 is 93.1. The summed E-state index contributed by atoms with van der Waals surface area (Å²) in [4.78, 5) is 14.7. The quantitative estimate of drug-likeness (QED) is 0.544. The first-order valence-corrected chi connectivity index (χ1v) is 8.26. The van der Waals surface area contributed by atoms with E-state index in [2.05, 4.69) is 4.98 Å². The number of hydrogen-bond acceptors (Lipinski definition) is 3. The van der Waals surface area contributed by atoms with Gasteiger partial charge in [0.15, 0.2) is 11.6 Å². The van der Waals surface area contributed by atoms with Crippen molar-refractivity contribution in [3.05, 3.63) is 64.7 Å². The fourth-order valence-corrected chi connectivity index (χ4v) is 3.32. The average molecular weight is 412 g/mol. The molecule has 2 N–H and O–H groups in total. The Labute approximate surface area is 152 Å². The third-order valence-electron chi connectivity index (χ3n) is 3.44. The van der Waals surface area contributed by atoms with Gasteiger partial charge in [-0.2, -0.15) is 8.78 Å². The van der Waals surface area contributed by atoms with Crippen LogP contribution >= 0.6 is 11.8 Å². The number of alkyl halides is 4. The van der Waals surface area contributed by atoms with E-state index in [1.807, 2.05) is 0 Å². The van der Waals surface area contributed by atoms with Gasteiger partial charge in [-0.15, -0.1) is 11.8 Å². The lowest BCUT2D eigenvalue weighted by molar-refractivity contribution is -0.110. The van der Waals surface area contributed by atoms with Gasteiger partial charge in [0.2, 0.25) is 0 Å². The molecule has 3 nitrogen and oxygen atoms in total. The lowest BCUT2D eigenvalue weighted by Crippen LogP contribution is -2.30. The Morgan fingerprint density at radius 3 is 2.26 bits per heavy atom. The molecule has 0 saturated carbocycles. The number of aromatic nitrogens is 1. The van der Waals surface area contributed by atoms with E-state index in [1.54, 1.807) is 0 Å². The van der Waals surface area contributed by atoms with Gasteiger partial charge >= 0.3 is 12.3 Å². The Bertz CT molecular complexity index is 830. The Morgan fingerprint density at radius 1 is 1.11 bits per heavy atom. The first-order valence-electron chi connectivity index (χ1n) is 7.21. The molecule has 0 aliphatic rings. The number of pyridine rings is 1. The number of nitrogens with zero attached hydrogens (tertiary/aromatic N) is 1. The number of benzene rings is 1. The van der Waals surface area contributed by atoms with E-state index in [0.717, 1.165) is 18.3 Å². The number of carbonyl (C=O) groups excluding carboxylic acids is 1. The van der Waals surface area contributed by atoms with E-state index < -0.39 is 52.3 Å². The van der Waals surface area contributed by atoms with Crippen molar-refractivity contribution in [1.29, 1.82) is 0 Å². The highest BCUT2D eigenvalue weighted by Gasteiger charge is 2.42. The van der Waals surface area contributed by atoms with Crippen molar-refractivity contribution >= 4 is 17.7 Å². The molecule has 1 aromatic carbocycles. The van der Waals surface area contributed by atoms with Crippen LogP contribution in [0.2, 0.25) is 0 Å². The fourth-order valence-electron chi connectivity index (χ4n) is 2.09. The molecule has 1 unspecified atom stereocenters. The molecule has 1 amide bonds. The topological polar surface area (TPSA) is 56.0 Å². The van der Waals surface area contributed by atoms with E-state index >= 15 is 0 Å². The first-order chi connectivity index (χ1) is 12.5. The van der Waals surface area contributed by atoms with Crippen molar-refractivity contribution in [1.82, 2.24) is 4.98 Å².